The average molecular weight is 284 g/mol. The molecular formula is C14H21FN2O3. The van der Waals surface area contributed by atoms with Crippen LogP contribution in [-0.2, 0) is 9.53 Å². The van der Waals surface area contributed by atoms with Crippen LogP contribution in [0, 0.1) is 5.82 Å². The molecule has 0 aliphatic heterocycles. The quantitative estimate of drug-likeness (QED) is 0.705. The zero-order valence-corrected chi connectivity index (χ0v) is 12.0. The lowest BCUT2D eigenvalue weighted by molar-refractivity contribution is -0.120. The van der Waals surface area contributed by atoms with E-state index in [4.69, 9.17) is 9.47 Å². The first-order chi connectivity index (χ1) is 9.60. The molecule has 0 saturated heterocycles. The molecule has 0 aliphatic rings. The second-order valence-electron chi connectivity index (χ2n) is 4.30. The predicted molar refractivity (Wildman–Crippen MR) is 74.3 cm³/mol. The standard InChI is InChI=1S/C14H21FN2O3/c1-10(17-9-13(18)16-7-8-19-2)14-11(15)5-4-6-12(14)20-3/h4-6,10,17H,7-9H2,1-3H3,(H,16,18). The largest absolute Gasteiger partial charge is 0.496 e. The summed E-state index contributed by atoms with van der Waals surface area (Å²) in [6.07, 6.45) is 0. The minimum absolute atomic E-state index is 0.0996. The molecule has 0 aromatic heterocycles. The maximum Gasteiger partial charge on any atom is 0.234 e. The Bertz CT molecular complexity index is 440. The van der Waals surface area contributed by atoms with E-state index in [-0.39, 0.29) is 24.3 Å². The van der Waals surface area contributed by atoms with Gasteiger partial charge in [0.1, 0.15) is 11.6 Å². The molecule has 5 nitrogen and oxygen atoms in total. The van der Waals surface area contributed by atoms with Gasteiger partial charge in [-0.3, -0.25) is 4.79 Å². The maximum atomic E-state index is 13.8. The summed E-state index contributed by atoms with van der Waals surface area (Å²) < 4.78 is 23.8. The highest BCUT2D eigenvalue weighted by molar-refractivity contribution is 5.78. The van der Waals surface area contributed by atoms with E-state index in [0.717, 1.165) is 0 Å². The van der Waals surface area contributed by atoms with Gasteiger partial charge in [0, 0.05) is 25.3 Å². The van der Waals surface area contributed by atoms with Crippen molar-refractivity contribution in [1.82, 2.24) is 10.6 Å². The molecule has 1 amide bonds. The first kappa shape index (κ1) is 16.4. The van der Waals surface area contributed by atoms with Crippen LogP contribution in [0.15, 0.2) is 18.2 Å². The summed E-state index contributed by atoms with van der Waals surface area (Å²) in [5.74, 6) is -0.0573. The fourth-order valence-electron chi connectivity index (χ4n) is 1.82. The molecule has 1 aromatic carbocycles. The monoisotopic (exact) mass is 284 g/mol. The predicted octanol–water partition coefficient (Wildman–Crippen LogP) is 1.25. The van der Waals surface area contributed by atoms with E-state index in [9.17, 15) is 9.18 Å². The van der Waals surface area contributed by atoms with E-state index < -0.39 is 0 Å². The summed E-state index contributed by atoms with van der Waals surface area (Å²) in [5, 5.41) is 5.65. The van der Waals surface area contributed by atoms with E-state index in [0.29, 0.717) is 24.5 Å². The van der Waals surface area contributed by atoms with Crippen molar-refractivity contribution in [3.63, 3.8) is 0 Å². The number of amides is 1. The molecule has 0 spiro atoms. The van der Waals surface area contributed by atoms with Crippen LogP contribution in [0.1, 0.15) is 18.5 Å². The number of hydrogen-bond acceptors (Lipinski definition) is 4. The van der Waals surface area contributed by atoms with Gasteiger partial charge in [0.2, 0.25) is 5.91 Å². The number of hydrogen-bond donors (Lipinski definition) is 2. The first-order valence-electron chi connectivity index (χ1n) is 6.41. The number of halogens is 1. The summed E-state index contributed by atoms with van der Waals surface area (Å²) in [6, 6.07) is 4.31. The highest BCUT2D eigenvalue weighted by atomic mass is 19.1. The van der Waals surface area contributed by atoms with Crippen molar-refractivity contribution in [1.29, 1.82) is 0 Å². The Hall–Kier alpha value is -1.66. The van der Waals surface area contributed by atoms with E-state index in [1.807, 2.05) is 0 Å². The van der Waals surface area contributed by atoms with Crippen molar-refractivity contribution in [2.75, 3.05) is 33.9 Å². The van der Waals surface area contributed by atoms with Crippen molar-refractivity contribution < 1.29 is 18.7 Å². The normalized spacial score (nSPS) is 12.0. The lowest BCUT2D eigenvalue weighted by Gasteiger charge is -2.17. The molecule has 1 rings (SSSR count). The number of ether oxygens (including phenoxy) is 2. The molecule has 0 bridgehead atoms. The van der Waals surface area contributed by atoms with Crippen molar-refractivity contribution in [2.24, 2.45) is 0 Å². The Balaban J connectivity index is 2.55. The van der Waals surface area contributed by atoms with Crippen LogP contribution in [0.25, 0.3) is 0 Å². The Morgan fingerprint density at radius 2 is 2.15 bits per heavy atom. The van der Waals surface area contributed by atoms with Gasteiger partial charge < -0.3 is 20.1 Å². The van der Waals surface area contributed by atoms with Gasteiger partial charge in [-0.2, -0.15) is 0 Å². The number of methoxy groups -OCH3 is 2. The van der Waals surface area contributed by atoms with Crippen molar-refractivity contribution in [2.45, 2.75) is 13.0 Å². The van der Waals surface area contributed by atoms with Gasteiger partial charge in [-0.05, 0) is 19.1 Å². The second-order valence-corrected chi connectivity index (χ2v) is 4.30. The number of carbonyl (C=O) groups is 1. The summed E-state index contributed by atoms with van der Waals surface area (Å²) in [4.78, 5) is 11.5. The Morgan fingerprint density at radius 1 is 1.40 bits per heavy atom. The van der Waals surface area contributed by atoms with Crippen LogP contribution in [-0.4, -0.2) is 39.8 Å². The van der Waals surface area contributed by atoms with Crippen molar-refractivity contribution in [3.8, 4) is 5.75 Å². The molecule has 2 N–H and O–H groups in total. The summed E-state index contributed by atoms with van der Waals surface area (Å²) in [5.41, 5.74) is 0.416. The molecule has 0 fully saturated rings. The van der Waals surface area contributed by atoms with Crippen LogP contribution in [0.5, 0.6) is 5.75 Å². The third kappa shape index (κ3) is 4.79. The van der Waals surface area contributed by atoms with Crippen LogP contribution in [0.4, 0.5) is 4.39 Å². The lowest BCUT2D eigenvalue weighted by Crippen LogP contribution is -2.36. The molecule has 1 unspecified atom stereocenters. The molecule has 0 saturated carbocycles. The van der Waals surface area contributed by atoms with Gasteiger partial charge in [0.15, 0.2) is 0 Å². The average Bonchev–Trinajstić information content (AvgIpc) is 2.44. The highest BCUT2D eigenvalue weighted by Gasteiger charge is 2.16. The molecule has 0 aliphatic carbocycles. The fraction of sp³-hybridized carbons (Fsp3) is 0.500. The Labute approximate surface area is 118 Å². The van der Waals surface area contributed by atoms with Gasteiger partial charge >= 0.3 is 0 Å². The molecule has 0 heterocycles. The number of carbonyl (C=O) groups excluding carboxylic acids is 1. The summed E-state index contributed by atoms with van der Waals surface area (Å²) >= 11 is 0. The van der Waals surface area contributed by atoms with Gasteiger partial charge in [-0.25, -0.2) is 4.39 Å². The molecule has 1 aromatic rings. The first-order valence-corrected chi connectivity index (χ1v) is 6.41. The molecular weight excluding hydrogens is 263 g/mol. The molecule has 112 valence electrons. The summed E-state index contributed by atoms with van der Waals surface area (Å²) in [7, 11) is 3.05. The fourth-order valence-corrected chi connectivity index (χ4v) is 1.82. The Kier molecular flexibility index (Phi) is 6.97. The van der Waals surface area contributed by atoms with Gasteiger partial charge in [-0.1, -0.05) is 6.07 Å². The van der Waals surface area contributed by atoms with Gasteiger partial charge in [0.25, 0.3) is 0 Å². The van der Waals surface area contributed by atoms with Crippen molar-refractivity contribution in [3.05, 3.63) is 29.6 Å². The zero-order chi connectivity index (χ0) is 15.0. The van der Waals surface area contributed by atoms with E-state index in [2.05, 4.69) is 10.6 Å². The summed E-state index contributed by atoms with van der Waals surface area (Å²) in [6.45, 7) is 2.79. The van der Waals surface area contributed by atoms with Gasteiger partial charge in [0.05, 0.1) is 20.3 Å². The molecule has 0 radical (unpaired) electrons. The van der Waals surface area contributed by atoms with Gasteiger partial charge in [-0.15, -0.1) is 0 Å². The second kappa shape index (κ2) is 8.50. The molecule has 20 heavy (non-hydrogen) atoms. The smallest absolute Gasteiger partial charge is 0.234 e. The van der Waals surface area contributed by atoms with Crippen molar-refractivity contribution >= 4 is 5.91 Å². The third-order valence-electron chi connectivity index (χ3n) is 2.86. The topological polar surface area (TPSA) is 59.6 Å². The zero-order valence-electron chi connectivity index (χ0n) is 12.0. The van der Waals surface area contributed by atoms with E-state index >= 15 is 0 Å². The lowest BCUT2D eigenvalue weighted by atomic mass is 10.1. The van der Waals surface area contributed by atoms with Crippen LogP contribution in [0.2, 0.25) is 0 Å². The molecule has 6 heteroatoms. The number of benzene rings is 1. The van der Waals surface area contributed by atoms with E-state index in [1.54, 1.807) is 26.2 Å². The minimum atomic E-state index is -0.357. The molecule has 1 atom stereocenters. The third-order valence-corrected chi connectivity index (χ3v) is 2.86. The van der Waals surface area contributed by atoms with E-state index in [1.165, 1.54) is 13.2 Å². The number of nitrogens with one attached hydrogen (secondary N) is 2. The highest BCUT2D eigenvalue weighted by Crippen LogP contribution is 2.27. The van der Waals surface area contributed by atoms with Crippen LogP contribution in [0.3, 0.4) is 0 Å². The number of rotatable bonds is 8. The van der Waals surface area contributed by atoms with Crippen LogP contribution < -0.4 is 15.4 Å². The minimum Gasteiger partial charge on any atom is -0.496 e. The Morgan fingerprint density at radius 3 is 2.80 bits per heavy atom. The SMILES string of the molecule is COCCNC(=O)CNC(C)c1c(F)cccc1OC. The maximum absolute atomic E-state index is 13.8. The van der Waals surface area contributed by atoms with Crippen LogP contribution >= 0.6 is 0 Å².